The summed E-state index contributed by atoms with van der Waals surface area (Å²) < 4.78 is 14.2. The van der Waals surface area contributed by atoms with Gasteiger partial charge in [0.05, 0.1) is 23.8 Å². The molecule has 0 aliphatic rings. The molecular weight excluding hydrogens is 171 g/mol. The highest BCUT2D eigenvalue weighted by Crippen LogP contribution is 2.16. The predicted molar refractivity (Wildman–Crippen MR) is 45.7 cm³/mol. The number of nitrogens with zero attached hydrogens (tertiary/aromatic N) is 3. The lowest BCUT2D eigenvalue weighted by molar-refractivity contribution is 0.625. The molecule has 0 unspecified atom stereocenters. The molecule has 0 radical (unpaired) electrons. The molecule has 5 heteroatoms. The Bertz CT molecular complexity index is 410. The Balaban J connectivity index is 2.57. The van der Waals surface area contributed by atoms with Crippen LogP contribution >= 0.6 is 0 Å². The van der Waals surface area contributed by atoms with Gasteiger partial charge >= 0.3 is 0 Å². The molecule has 1 heterocycles. The number of rotatable bonds is 1. The van der Waals surface area contributed by atoms with Crippen molar-refractivity contribution >= 4 is 5.69 Å². The fourth-order valence-electron chi connectivity index (χ4n) is 1.05. The maximum Gasteiger partial charge on any atom is 0.125 e. The average molecular weight is 178 g/mol. The summed E-state index contributed by atoms with van der Waals surface area (Å²) in [4.78, 5) is 0. The van der Waals surface area contributed by atoms with Crippen LogP contribution in [0.15, 0.2) is 30.6 Å². The highest BCUT2D eigenvalue weighted by molar-refractivity contribution is 5.56. The lowest BCUT2D eigenvalue weighted by Gasteiger charge is -2.03. The van der Waals surface area contributed by atoms with Crippen molar-refractivity contribution in [2.45, 2.75) is 0 Å². The Kier molecular flexibility index (Phi) is 1.70. The van der Waals surface area contributed by atoms with Crippen LogP contribution in [0.3, 0.4) is 0 Å². The van der Waals surface area contributed by atoms with E-state index in [0.717, 1.165) is 0 Å². The zero-order valence-electron chi connectivity index (χ0n) is 6.68. The van der Waals surface area contributed by atoms with E-state index in [9.17, 15) is 4.39 Å². The standard InChI is InChI=1S/C8H7FN4/c9-6-1-2-7(10)8(5-6)13-4-3-11-12-13/h1-5H,10H2. The van der Waals surface area contributed by atoms with Gasteiger partial charge in [0.15, 0.2) is 0 Å². The van der Waals surface area contributed by atoms with E-state index in [1.165, 1.54) is 29.1 Å². The second-order valence-corrected chi connectivity index (χ2v) is 2.55. The highest BCUT2D eigenvalue weighted by Gasteiger charge is 2.03. The van der Waals surface area contributed by atoms with Crippen LogP contribution in [0.1, 0.15) is 0 Å². The Labute approximate surface area is 73.8 Å². The molecule has 4 nitrogen and oxygen atoms in total. The van der Waals surface area contributed by atoms with Gasteiger partial charge in [-0.2, -0.15) is 0 Å². The Morgan fingerprint density at radius 2 is 2.23 bits per heavy atom. The van der Waals surface area contributed by atoms with E-state index in [4.69, 9.17) is 5.73 Å². The second kappa shape index (κ2) is 2.85. The van der Waals surface area contributed by atoms with Crippen LogP contribution in [0.4, 0.5) is 10.1 Å². The van der Waals surface area contributed by atoms with Gasteiger partial charge in [0, 0.05) is 6.07 Å². The number of hydrogen-bond donors (Lipinski definition) is 1. The molecule has 13 heavy (non-hydrogen) atoms. The maximum absolute atomic E-state index is 12.8. The minimum Gasteiger partial charge on any atom is -0.397 e. The predicted octanol–water partition coefficient (Wildman–Crippen LogP) is 0.989. The van der Waals surface area contributed by atoms with Crippen molar-refractivity contribution in [3.05, 3.63) is 36.4 Å². The molecule has 2 rings (SSSR count). The molecular formula is C8H7FN4. The molecule has 0 atom stereocenters. The smallest absolute Gasteiger partial charge is 0.125 e. The molecule has 0 saturated carbocycles. The van der Waals surface area contributed by atoms with Crippen molar-refractivity contribution in [2.24, 2.45) is 0 Å². The lowest BCUT2D eigenvalue weighted by Crippen LogP contribution is -2.00. The van der Waals surface area contributed by atoms with Gasteiger partial charge in [-0.25, -0.2) is 9.07 Å². The third kappa shape index (κ3) is 1.35. The molecule has 0 aliphatic carbocycles. The van der Waals surface area contributed by atoms with E-state index < -0.39 is 0 Å². The fourth-order valence-corrected chi connectivity index (χ4v) is 1.05. The molecule has 0 fully saturated rings. The van der Waals surface area contributed by atoms with Crippen LogP contribution in [-0.4, -0.2) is 15.0 Å². The molecule has 0 spiro atoms. The molecule has 2 aromatic rings. The summed E-state index contributed by atoms with van der Waals surface area (Å²) in [5.74, 6) is -0.347. The number of hydrogen-bond acceptors (Lipinski definition) is 3. The first-order valence-corrected chi connectivity index (χ1v) is 3.69. The molecule has 1 aromatic heterocycles. The topological polar surface area (TPSA) is 56.7 Å². The molecule has 0 aliphatic heterocycles. The monoisotopic (exact) mass is 178 g/mol. The van der Waals surface area contributed by atoms with Crippen molar-refractivity contribution in [1.82, 2.24) is 15.0 Å². The van der Waals surface area contributed by atoms with Crippen molar-refractivity contribution in [3.63, 3.8) is 0 Å². The van der Waals surface area contributed by atoms with E-state index in [-0.39, 0.29) is 5.82 Å². The van der Waals surface area contributed by atoms with Crippen molar-refractivity contribution < 1.29 is 4.39 Å². The molecule has 66 valence electrons. The number of anilines is 1. The van der Waals surface area contributed by atoms with Crippen LogP contribution in [0.5, 0.6) is 0 Å². The van der Waals surface area contributed by atoms with E-state index in [1.54, 1.807) is 6.20 Å². The minimum absolute atomic E-state index is 0.347. The Hall–Kier alpha value is -1.91. The Morgan fingerprint density at radius 3 is 2.92 bits per heavy atom. The van der Waals surface area contributed by atoms with Crippen LogP contribution in [0.2, 0.25) is 0 Å². The van der Waals surface area contributed by atoms with Gasteiger partial charge < -0.3 is 5.73 Å². The first-order chi connectivity index (χ1) is 6.27. The van der Waals surface area contributed by atoms with Gasteiger partial charge in [0.25, 0.3) is 0 Å². The van der Waals surface area contributed by atoms with Gasteiger partial charge in [-0.1, -0.05) is 5.21 Å². The van der Waals surface area contributed by atoms with Gasteiger partial charge in [0.2, 0.25) is 0 Å². The van der Waals surface area contributed by atoms with Gasteiger partial charge in [-0.15, -0.1) is 5.10 Å². The highest BCUT2D eigenvalue weighted by atomic mass is 19.1. The summed E-state index contributed by atoms with van der Waals surface area (Å²) >= 11 is 0. The fraction of sp³-hybridized carbons (Fsp3) is 0. The normalized spacial score (nSPS) is 10.2. The lowest BCUT2D eigenvalue weighted by atomic mass is 10.2. The summed E-state index contributed by atoms with van der Waals surface area (Å²) in [7, 11) is 0. The van der Waals surface area contributed by atoms with Crippen LogP contribution in [0.25, 0.3) is 5.69 Å². The van der Waals surface area contributed by atoms with Crippen molar-refractivity contribution in [2.75, 3.05) is 5.73 Å². The number of aromatic nitrogens is 3. The quantitative estimate of drug-likeness (QED) is 0.662. The molecule has 0 bridgehead atoms. The Morgan fingerprint density at radius 1 is 1.38 bits per heavy atom. The minimum atomic E-state index is -0.347. The second-order valence-electron chi connectivity index (χ2n) is 2.55. The first kappa shape index (κ1) is 7.72. The maximum atomic E-state index is 12.8. The van der Waals surface area contributed by atoms with Gasteiger partial charge in [0.1, 0.15) is 5.82 Å². The van der Waals surface area contributed by atoms with E-state index in [2.05, 4.69) is 10.3 Å². The molecule has 2 N–H and O–H groups in total. The SMILES string of the molecule is Nc1ccc(F)cc1-n1ccnn1. The first-order valence-electron chi connectivity index (χ1n) is 3.69. The molecule has 0 amide bonds. The number of halogens is 1. The third-order valence-electron chi connectivity index (χ3n) is 1.66. The summed E-state index contributed by atoms with van der Waals surface area (Å²) in [5, 5.41) is 7.31. The summed E-state index contributed by atoms with van der Waals surface area (Å²) in [5.41, 5.74) is 6.59. The number of nitrogens with two attached hydrogens (primary N) is 1. The molecule has 0 saturated heterocycles. The van der Waals surface area contributed by atoms with E-state index in [1.807, 2.05) is 0 Å². The van der Waals surface area contributed by atoms with Crippen LogP contribution < -0.4 is 5.73 Å². The number of nitrogen functional groups attached to an aromatic ring is 1. The summed E-state index contributed by atoms with van der Waals surface area (Å²) in [6.45, 7) is 0. The van der Waals surface area contributed by atoms with Crippen molar-refractivity contribution in [1.29, 1.82) is 0 Å². The number of benzene rings is 1. The molecule has 1 aromatic carbocycles. The van der Waals surface area contributed by atoms with E-state index >= 15 is 0 Å². The zero-order valence-corrected chi connectivity index (χ0v) is 6.68. The van der Waals surface area contributed by atoms with Crippen molar-refractivity contribution in [3.8, 4) is 5.69 Å². The zero-order chi connectivity index (χ0) is 9.26. The van der Waals surface area contributed by atoms with Gasteiger partial charge in [-0.3, -0.25) is 0 Å². The summed E-state index contributed by atoms with van der Waals surface area (Å²) in [6.07, 6.45) is 3.11. The van der Waals surface area contributed by atoms with Crippen LogP contribution in [-0.2, 0) is 0 Å². The largest absolute Gasteiger partial charge is 0.397 e. The third-order valence-corrected chi connectivity index (χ3v) is 1.66. The van der Waals surface area contributed by atoms with Gasteiger partial charge in [-0.05, 0) is 12.1 Å². The van der Waals surface area contributed by atoms with E-state index in [0.29, 0.717) is 11.4 Å². The summed E-state index contributed by atoms with van der Waals surface area (Å²) in [6, 6.07) is 4.10. The average Bonchev–Trinajstić information content (AvgIpc) is 2.61. The van der Waals surface area contributed by atoms with Crippen LogP contribution in [0, 0.1) is 5.82 Å².